The van der Waals surface area contributed by atoms with Crippen molar-refractivity contribution in [1.82, 2.24) is 29.1 Å². The Morgan fingerprint density at radius 2 is 1.89 bits per heavy atom. The lowest BCUT2D eigenvalue weighted by atomic mass is 10.1. The van der Waals surface area contributed by atoms with E-state index < -0.39 is 33.3 Å². The third-order valence-corrected chi connectivity index (χ3v) is 7.63. The first-order chi connectivity index (χ1) is 17.4. The van der Waals surface area contributed by atoms with Gasteiger partial charge in [0.2, 0.25) is 16.0 Å². The summed E-state index contributed by atoms with van der Waals surface area (Å²) in [4.78, 5) is 12.0. The highest BCUT2D eigenvalue weighted by Crippen LogP contribution is 2.36. The molecule has 0 spiro atoms. The maximum absolute atomic E-state index is 14.6. The summed E-state index contributed by atoms with van der Waals surface area (Å²) >= 11 is 6.19. The van der Waals surface area contributed by atoms with E-state index >= 15 is 0 Å². The Labute approximate surface area is 215 Å². The topological polar surface area (TPSA) is 105 Å². The van der Waals surface area contributed by atoms with Crippen molar-refractivity contribution >= 4 is 27.6 Å². The van der Waals surface area contributed by atoms with Crippen LogP contribution in [-0.4, -0.2) is 64.7 Å². The summed E-state index contributed by atoms with van der Waals surface area (Å²) in [5.74, 6) is -0.689. The van der Waals surface area contributed by atoms with Crippen LogP contribution in [0.1, 0.15) is 24.0 Å². The van der Waals surface area contributed by atoms with Crippen molar-refractivity contribution in [3.05, 3.63) is 52.8 Å². The molecule has 3 aromatic rings. The molecule has 1 aliphatic rings. The molecule has 0 aliphatic carbocycles. The average Bonchev–Trinajstić information content (AvgIpc) is 3.31. The molecule has 0 radical (unpaired) electrons. The van der Waals surface area contributed by atoms with Crippen LogP contribution in [-0.2, 0) is 22.7 Å². The van der Waals surface area contributed by atoms with Crippen LogP contribution >= 0.6 is 11.6 Å². The highest BCUT2D eigenvalue weighted by atomic mass is 35.5. The number of benzene rings is 1. The van der Waals surface area contributed by atoms with Crippen molar-refractivity contribution in [2.24, 2.45) is 0 Å². The van der Waals surface area contributed by atoms with Crippen LogP contribution in [0.2, 0.25) is 5.02 Å². The molecule has 200 valence electrons. The second-order valence-corrected chi connectivity index (χ2v) is 11.0. The molecule has 0 unspecified atom stereocenters. The standard InChI is InChI=1S/C22H24ClF4N7O2S/c1-28-9-13-3-4-17(18(23)19(13)24)33-11-16(30-12-33)20-15(22(25,26)27)10-29-21(32-20)31-14-5-7-34(8-6-14)37(2,35)36/h3-4,10-12,14,28H,5-9H2,1-2H3,(H,29,31,32). The minimum absolute atomic E-state index is 0.0455. The van der Waals surface area contributed by atoms with Crippen LogP contribution in [0.3, 0.4) is 0 Å². The number of nitrogens with one attached hydrogen (secondary N) is 2. The number of hydrogen-bond donors (Lipinski definition) is 2. The number of alkyl halides is 3. The van der Waals surface area contributed by atoms with Crippen LogP contribution in [0.4, 0.5) is 23.5 Å². The molecule has 0 amide bonds. The van der Waals surface area contributed by atoms with Crippen LogP contribution in [0.5, 0.6) is 0 Å². The molecule has 4 rings (SSSR count). The highest BCUT2D eigenvalue weighted by molar-refractivity contribution is 7.88. The predicted molar refractivity (Wildman–Crippen MR) is 130 cm³/mol. The smallest absolute Gasteiger partial charge is 0.351 e. The van der Waals surface area contributed by atoms with E-state index in [0.717, 1.165) is 6.26 Å². The summed E-state index contributed by atoms with van der Waals surface area (Å²) in [5, 5.41) is 5.62. The van der Waals surface area contributed by atoms with Gasteiger partial charge in [-0.15, -0.1) is 0 Å². The molecule has 2 aromatic heterocycles. The quantitative estimate of drug-likeness (QED) is 0.424. The minimum Gasteiger partial charge on any atom is -0.351 e. The number of rotatable bonds is 7. The van der Waals surface area contributed by atoms with Crippen LogP contribution in [0, 0.1) is 5.82 Å². The normalized spacial score (nSPS) is 15.8. The van der Waals surface area contributed by atoms with Gasteiger partial charge in [0.15, 0.2) is 0 Å². The molecule has 1 aromatic carbocycles. The van der Waals surface area contributed by atoms with Crippen molar-refractivity contribution in [2.45, 2.75) is 31.6 Å². The minimum atomic E-state index is -4.75. The number of nitrogens with zero attached hydrogens (tertiary/aromatic N) is 5. The SMILES string of the molecule is CNCc1ccc(-n2cnc(-c3nc(NC4CCN(S(C)(=O)=O)CC4)ncc3C(F)(F)F)c2)c(Cl)c1F. The van der Waals surface area contributed by atoms with Gasteiger partial charge >= 0.3 is 6.18 Å². The zero-order valence-electron chi connectivity index (χ0n) is 19.9. The third-order valence-electron chi connectivity index (χ3n) is 5.96. The van der Waals surface area contributed by atoms with Crippen molar-refractivity contribution in [2.75, 3.05) is 31.7 Å². The summed E-state index contributed by atoms with van der Waals surface area (Å²) in [6.07, 6.45) is 0.438. The Morgan fingerprint density at radius 1 is 1.19 bits per heavy atom. The van der Waals surface area contributed by atoms with Crippen LogP contribution in [0.25, 0.3) is 17.1 Å². The van der Waals surface area contributed by atoms with E-state index in [9.17, 15) is 26.0 Å². The number of imidazole rings is 1. The Hall–Kier alpha value is -2.81. The summed E-state index contributed by atoms with van der Waals surface area (Å²) in [6.45, 7) is 0.803. The Morgan fingerprint density at radius 3 is 2.51 bits per heavy atom. The van der Waals surface area contributed by atoms with Gasteiger partial charge < -0.3 is 15.2 Å². The molecule has 1 saturated heterocycles. The lowest BCUT2D eigenvalue weighted by Crippen LogP contribution is -2.42. The Kier molecular flexibility index (Phi) is 7.74. The third kappa shape index (κ3) is 6.03. The summed E-state index contributed by atoms with van der Waals surface area (Å²) in [7, 11) is -1.66. The van der Waals surface area contributed by atoms with E-state index in [1.54, 1.807) is 13.1 Å². The van der Waals surface area contributed by atoms with Gasteiger partial charge in [-0.05, 0) is 26.0 Å². The van der Waals surface area contributed by atoms with Gasteiger partial charge in [-0.3, -0.25) is 0 Å². The molecule has 3 heterocycles. The molecular formula is C22H24ClF4N7O2S. The summed E-state index contributed by atoms with van der Waals surface area (Å²) < 4.78 is 82.0. The number of hydrogen-bond acceptors (Lipinski definition) is 7. The lowest BCUT2D eigenvalue weighted by molar-refractivity contribution is -0.137. The van der Waals surface area contributed by atoms with Gasteiger partial charge in [-0.1, -0.05) is 17.7 Å². The van der Waals surface area contributed by atoms with Crippen molar-refractivity contribution in [1.29, 1.82) is 0 Å². The lowest BCUT2D eigenvalue weighted by Gasteiger charge is -2.30. The number of halogens is 5. The molecule has 0 atom stereocenters. The molecule has 2 N–H and O–H groups in total. The number of piperidine rings is 1. The molecule has 37 heavy (non-hydrogen) atoms. The molecule has 15 heteroatoms. The van der Waals surface area contributed by atoms with Crippen LogP contribution in [0.15, 0.2) is 30.9 Å². The fourth-order valence-electron chi connectivity index (χ4n) is 4.05. The highest BCUT2D eigenvalue weighted by Gasteiger charge is 2.36. The van der Waals surface area contributed by atoms with E-state index in [1.165, 1.54) is 27.5 Å². The van der Waals surface area contributed by atoms with Crippen molar-refractivity contribution in [3.63, 3.8) is 0 Å². The molecule has 0 saturated carbocycles. The Bertz CT molecular complexity index is 1390. The zero-order chi connectivity index (χ0) is 27.0. The molecule has 9 nitrogen and oxygen atoms in total. The van der Waals surface area contributed by atoms with Gasteiger partial charge in [-0.25, -0.2) is 32.1 Å². The monoisotopic (exact) mass is 561 g/mol. The zero-order valence-corrected chi connectivity index (χ0v) is 21.4. The van der Waals surface area contributed by atoms with E-state index in [0.29, 0.717) is 24.6 Å². The second kappa shape index (κ2) is 10.5. The first-order valence-electron chi connectivity index (χ1n) is 11.2. The largest absolute Gasteiger partial charge is 0.420 e. The van der Waals surface area contributed by atoms with Gasteiger partial charge in [0.25, 0.3) is 0 Å². The van der Waals surface area contributed by atoms with E-state index in [4.69, 9.17) is 11.6 Å². The maximum atomic E-state index is 14.6. The maximum Gasteiger partial charge on any atom is 0.420 e. The average molecular weight is 562 g/mol. The number of anilines is 1. The van der Waals surface area contributed by atoms with E-state index in [1.807, 2.05) is 0 Å². The van der Waals surface area contributed by atoms with E-state index in [2.05, 4.69) is 25.6 Å². The first kappa shape index (κ1) is 27.2. The van der Waals surface area contributed by atoms with Crippen molar-refractivity contribution < 1.29 is 26.0 Å². The first-order valence-corrected chi connectivity index (χ1v) is 13.4. The van der Waals surface area contributed by atoms with Gasteiger partial charge in [-0.2, -0.15) is 13.2 Å². The van der Waals surface area contributed by atoms with Gasteiger partial charge in [0, 0.05) is 43.6 Å². The fraction of sp³-hybridized carbons (Fsp3) is 0.409. The summed E-state index contributed by atoms with van der Waals surface area (Å²) in [6, 6.07) is 2.85. The second-order valence-electron chi connectivity index (χ2n) is 8.60. The van der Waals surface area contributed by atoms with Crippen molar-refractivity contribution in [3.8, 4) is 17.1 Å². The molecule has 1 fully saturated rings. The Balaban J connectivity index is 1.63. The summed E-state index contributed by atoms with van der Waals surface area (Å²) in [5.41, 5.74) is -1.11. The molecular weight excluding hydrogens is 538 g/mol. The van der Waals surface area contributed by atoms with Gasteiger partial charge in [0.1, 0.15) is 34.1 Å². The van der Waals surface area contributed by atoms with E-state index in [-0.39, 0.29) is 48.0 Å². The van der Waals surface area contributed by atoms with Gasteiger partial charge in [0.05, 0.1) is 11.9 Å². The number of sulfonamides is 1. The van der Waals surface area contributed by atoms with Crippen LogP contribution < -0.4 is 10.6 Å². The molecule has 0 bridgehead atoms. The molecule has 1 aliphatic heterocycles. The number of aromatic nitrogens is 4. The fourth-order valence-corrected chi connectivity index (χ4v) is 5.21. The predicted octanol–water partition coefficient (Wildman–Crippen LogP) is 3.70.